The van der Waals surface area contributed by atoms with Crippen LogP contribution in [0, 0.1) is 0 Å². The molecule has 20 heavy (non-hydrogen) atoms. The Kier molecular flexibility index (Phi) is 3.80. The van der Waals surface area contributed by atoms with Crippen molar-refractivity contribution in [2.24, 2.45) is 0 Å². The summed E-state index contributed by atoms with van der Waals surface area (Å²) in [6.07, 6.45) is 9.16. The molecule has 0 radical (unpaired) electrons. The summed E-state index contributed by atoms with van der Waals surface area (Å²) in [6, 6.07) is 2.07. The van der Waals surface area contributed by atoms with E-state index in [0.717, 1.165) is 43.6 Å². The second kappa shape index (κ2) is 5.90. The Morgan fingerprint density at radius 3 is 3.35 bits per heavy atom. The van der Waals surface area contributed by atoms with Crippen molar-refractivity contribution in [3.63, 3.8) is 0 Å². The number of nitrogens with one attached hydrogen (secondary N) is 1. The molecule has 0 aromatic carbocycles. The second-order valence-corrected chi connectivity index (χ2v) is 5.07. The maximum Gasteiger partial charge on any atom is 0.220 e. The fraction of sp³-hybridized carbons (Fsp3) is 0.500. The zero-order valence-corrected chi connectivity index (χ0v) is 11.3. The largest absolute Gasteiger partial charge is 0.469 e. The molecule has 0 fully saturated rings. The minimum absolute atomic E-state index is 0.0872. The van der Waals surface area contributed by atoms with Gasteiger partial charge in [0.05, 0.1) is 12.3 Å². The van der Waals surface area contributed by atoms with Gasteiger partial charge in [-0.15, -0.1) is 0 Å². The molecule has 2 aromatic rings. The molecule has 0 bridgehead atoms. The molecule has 1 amide bonds. The first-order valence-corrected chi connectivity index (χ1v) is 7.01. The Labute approximate surface area is 117 Å². The molecule has 106 valence electrons. The van der Waals surface area contributed by atoms with E-state index in [1.165, 1.54) is 6.33 Å². The Hall–Kier alpha value is -2.11. The molecule has 3 rings (SSSR count). The van der Waals surface area contributed by atoms with E-state index in [2.05, 4.69) is 15.4 Å². The summed E-state index contributed by atoms with van der Waals surface area (Å²) in [6.45, 7) is 0.717. The topological polar surface area (TPSA) is 73.0 Å². The van der Waals surface area contributed by atoms with Gasteiger partial charge in [0.1, 0.15) is 18.4 Å². The summed E-state index contributed by atoms with van der Waals surface area (Å²) in [4.78, 5) is 15.9. The fourth-order valence-electron chi connectivity index (χ4n) is 2.65. The van der Waals surface area contributed by atoms with Crippen LogP contribution in [0.1, 0.15) is 43.0 Å². The molecule has 0 saturated heterocycles. The molecule has 1 unspecified atom stereocenters. The molecule has 6 heteroatoms. The fourth-order valence-corrected chi connectivity index (χ4v) is 2.65. The van der Waals surface area contributed by atoms with E-state index >= 15 is 0 Å². The van der Waals surface area contributed by atoms with Crippen LogP contribution in [0.4, 0.5) is 0 Å². The highest BCUT2D eigenvalue weighted by Crippen LogP contribution is 2.30. The van der Waals surface area contributed by atoms with E-state index in [4.69, 9.17) is 4.42 Å². The number of nitrogens with zero attached hydrogens (tertiary/aromatic N) is 3. The van der Waals surface area contributed by atoms with E-state index in [0.29, 0.717) is 6.42 Å². The van der Waals surface area contributed by atoms with E-state index in [1.807, 2.05) is 6.07 Å². The zero-order valence-electron chi connectivity index (χ0n) is 11.3. The highest BCUT2D eigenvalue weighted by molar-refractivity contribution is 5.76. The van der Waals surface area contributed by atoms with Gasteiger partial charge >= 0.3 is 0 Å². The van der Waals surface area contributed by atoms with Crippen molar-refractivity contribution in [2.75, 3.05) is 0 Å². The summed E-state index contributed by atoms with van der Waals surface area (Å²) in [5, 5.41) is 7.11. The Morgan fingerprint density at radius 1 is 1.55 bits per heavy atom. The number of carbonyl (C=O) groups is 1. The van der Waals surface area contributed by atoms with Crippen molar-refractivity contribution >= 4 is 5.91 Å². The van der Waals surface area contributed by atoms with Gasteiger partial charge in [-0.25, -0.2) is 4.98 Å². The van der Waals surface area contributed by atoms with E-state index in [9.17, 15) is 4.79 Å². The number of fused-ring (bicyclic) bond motifs is 1. The molecule has 1 aliphatic rings. The number of hydrogen-bond donors (Lipinski definition) is 1. The monoisotopic (exact) mass is 274 g/mol. The first-order chi connectivity index (χ1) is 9.83. The highest BCUT2D eigenvalue weighted by atomic mass is 16.3. The van der Waals surface area contributed by atoms with Crippen molar-refractivity contribution in [2.45, 2.75) is 44.7 Å². The number of amides is 1. The molecular weight excluding hydrogens is 256 g/mol. The summed E-state index contributed by atoms with van der Waals surface area (Å²) in [7, 11) is 0. The van der Waals surface area contributed by atoms with Crippen LogP contribution >= 0.6 is 0 Å². The standard InChI is InChI=1S/C14H18N4O2/c19-14(5-2-7-18-10-15-9-16-18)17-12-3-1-4-13-11(12)6-8-20-13/h6,8-10,12H,1-5,7H2,(H,17,19). The van der Waals surface area contributed by atoms with E-state index in [1.54, 1.807) is 17.3 Å². The van der Waals surface area contributed by atoms with Crippen LogP contribution in [-0.4, -0.2) is 20.7 Å². The number of carbonyl (C=O) groups excluding carboxylic acids is 1. The third kappa shape index (κ3) is 2.89. The summed E-state index contributed by atoms with van der Waals surface area (Å²) in [5.74, 6) is 1.10. The molecule has 1 aliphatic carbocycles. The molecule has 6 nitrogen and oxygen atoms in total. The number of aryl methyl sites for hydroxylation is 2. The summed E-state index contributed by atoms with van der Waals surface area (Å²) in [5.41, 5.74) is 1.14. The molecule has 1 N–H and O–H groups in total. The molecular formula is C14H18N4O2. The van der Waals surface area contributed by atoms with Crippen molar-refractivity contribution < 1.29 is 9.21 Å². The maximum absolute atomic E-state index is 12.0. The van der Waals surface area contributed by atoms with Gasteiger partial charge in [-0.05, 0) is 25.3 Å². The van der Waals surface area contributed by atoms with Crippen molar-refractivity contribution in [3.8, 4) is 0 Å². The normalized spacial score (nSPS) is 17.7. The van der Waals surface area contributed by atoms with Gasteiger partial charge in [0.2, 0.25) is 5.91 Å². The van der Waals surface area contributed by atoms with Gasteiger partial charge in [0, 0.05) is 24.9 Å². The third-order valence-electron chi connectivity index (χ3n) is 3.64. The van der Waals surface area contributed by atoms with Crippen LogP contribution in [0.3, 0.4) is 0 Å². The smallest absolute Gasteiger partial charge is 0.220 e. The van der Waals surface area contributed by atoms with Crippen molar-refractivity contribution in [1.82, 2.24) is 20.1 Å². The third-order valence-corrected chi connectivity index (χ3v) is 3.64. The Balaban J connectivity index is 1.48. The maximum atomic E-state index is 12.0. The summed E-state index contributed by atoms with van der Waals surface area (Å²) >= 11 is 0. The highest BCUT2D eigenvalue weighted by Gasteiger charge is 2.23. The first-order valence-electron chi connectivity index (χ1n) is 7.01. The average Bonchev–Trinajstić information content (AvgIpc) is 3.09. The van der Waals surface area contributed by atoms with Gasteiger partial charge in [-0.1, -0.05) is 0 Å². The molecule has 0 saturated carbocycles. The number of furan rings is 1. The van der Waals surface area contributed by atoms with Gasteiger partial charge in [0.25, 0.3) is 0 Å². The minimum atomic E-state index is 0.0872. The van der Waals surface area contributed by atoms with Crippen molar-refractivity contribution in [1.29, 1.82) is 0 Å². The lowest BCUT2D eigenvalue weighted by Crippen LogP contribution is -2.30. The van der Waals surface area contributed by atoms with Gasteiger partial charge < -0.3 is 9.73 Å². The van der Waals surface area contributed by atoms with Gasteiger partial charge in [0.15, 0.2) is 0 Å². The van der Waals surface area contributed by atoms with E-state index < -0.39 is 0 Å². The number of aromatic nitrogens is 3. The predicted molar refractivity (Wildman–Crippen MR) is 71.8 cm³/mol. The van der Waals surface area contributed by atoms with E-state index in [-0.39, 0.29) is 11.9 Å². The lowest BCUT2D eigenvalue weighted by atomic mass is 9.93. The zero-order chi connectivity index (χ0) is 13.8. The molecule has 2 heterocycles. The van der Waals surface area contributed by atoms with Crippen LogP contribution in [0.2, 0.25) is 0 Å². The first kappa shape index (κ1) is 12.9. The SMILES string of the molecule is O=C(CCCn1cncn1)NC1CCCc2occc21. The number of rotatable bonds is 5. The van der Waals surface area contributed by atoms with Crippen LogP contribution in [0.5, 0.6) is 0 Å². The predicted octanol–water partition coefficient (Wildman–Crippen LogP) is 1.85. The average molecular weight is 274 g/mol. The van der Waals surface area contributed by atoms with Crippen molar-refractivity contribution in [3.05, 3.63) is 36.3 Å². The molecule has 2 aromatic heterocycles. The van der Waals surface area contributed by atoms with Gasteiger partial charge in [-0.2, -0.15) is 5.10 Å². The van der Waals surface area contributed by atoms with Crippen LogP contribution in [0.15, 0.2) is 29.4 Å². The Morgan fingerprint density at radius 2 is 2.50 bits per heavy atom. The van der Waals surface area contributed by atoms with Crippen LogP contribution in [-0.2, 0) is 17.8 Å². The molecule has 0 aliphatic heterocycles. The van der Waals surface area contributed by atoms with Crippen LogP contribution in [0.25, 0.3) is 0 Å². The molecule has 1 atom stereocenters. The quantitative estimate of drug-likeness (QED) is 0.903. The van der Waals surface area contributed by atoms with Crippen LogP contribution < -0.4 is 5.32 Å². The molecule has 0 spiro atoms. The summed E-state index contributed by atoms with van der Waals surface area (Å²) < 4.78 is 7.17. The minimum Gasteiger partial charge on any atom is -0.469 e. The number of hydrogen-bond acceptors (Lipinski definition) is 4. The Bertz CT molecular complexity index is 562. The lowest BCUT2D eigenvalue weighted by molar-refractivity contribution is -0.122. The lowest BCUT2D eigenvalue weighted by Gasteiger charge is -2.22. The second-order valence-electron chi connectivity index (χ2n) is 5.07. The van der Waals surface area contributed by atoms with Gasteiger partial charge in [-0.3, -0.25) is 9.48 Å².